The molecule has 0 aliphatic carbocycles. The number of unbranched alkanes of at least 4 members (excludes halogenated alkanes) is 19. The summed E-state index contributed by atoms with van der Waals surface area (Å²) in [7, 11) is 0. The molecule has 0 heterocycles. The van der Waals surface area contributed by atoms with Crippen molar-refractivity contribution in [3.63, 3.8) is 0 Å². The SMILES string of the molecule is O=C(CCCCCCCCCCCCO)OCCCCOC(=O)CCCCCCCCCCCCO. The van der Waals surface area contributed by atoms with Gasteiger partial charge in [-0.1, -0.05) is 103 Å². The summed E-state index contributed by atoms with van der Waals surface area (Å²) in [6, 6.07) is 0. The Morgan fingerprint density at radius 3 is 0.889 bits per heavy atom. The summed E-state index contributed by atoms with van der Waals surface area (Å²) in [6.45, 7) is 1.45. The molecule has 0 aliphatic rings. The lowest BCUT2D eigenvalue weighted by atomic mass is 10.1. The zero-order valence-electron chi connectivity index (χ0n) is 23.3. The summed E-state index contributed by atoms with van der Waals surface area (Å²) in [5, 5.41) is 17.5. The Balaban J connectivity index is 3.26. The van der Waals surface area contributed by atoms with Gasteiger partial charge in [0.15, 0.2) is 0 Å². The number of hydrogen-bond acceptors (Lipinski definition) is 6. The van der Waals surface area contributed by atoms with Crippen LogP contribution in [0.1, 0.15) is 154 Å². The second-order valence-corrected chi connectivity index (χ2v) is 10.2. The molecule has 0 radical (unpaired) electrons. The highest BCUT2D eigenvalue weighted by Gasteiger charge is 2.05. The minimum absolute atomic E-state index is 0.113. The highest BCUT2D eigenvalue weighted by atomic mass is 16.5. The summed E-state index contributed by atoms with van der Waals surface area (Å²) in [4.78, 5) is 23.6. The van der Waals surface area contributed by atoms with Gasteiger partial charge in [-0.3, -0.25) is 9.59 Å². The first-order valence-electron chi connectivity index (χ1n) is 15.2. The number of rotatable bonds is 29. The minimum Gasteiger partial charge on any atom is -0.466 e. The van der Waals surface area contributed by atoms with Crippen molar-refractivity contribution in [2.75, 3.05) is 26.4 Å². The van der Waals surface area contributed by atoms with E-state index < -0.39 is 0 Å². The normalized spacial score (nSPS) is 11.1. The van der Waals surface area contributed by atoms with Crippen LogP contribution in [-0.2, 0) is 19.1 Å². The third kappa shape index (κ3) is 29.1. The Kier molecular flexibility index (Phi) is 29.1. The van der Waals surface area contributed by atoms with Gasteiger partial charge in [0, 0.05) is 26.1 Å². The van der Waals surface area contributed by atoms with Gasteiger partial charge in [0.1, 0.15) is 0 Å². The van der Waals surface area contributed by atoms with Crippen LogP contribution in [0.15, 0.2) is 0 Å². The van der Waals surface area contributed by atoms with E-state index in [1.54, 1.807) is 0 Å². The average molecular weight is 515 g/mol. The van der Waals surface area contributed by atoms with E-state index in [-0.39, 0.29) is 11.9 Å². The van der Waals surface area contributed by atoms with E-state index in [0.717, 1.165) is 64.2 Å². The van der Waals surface area contributed by atoms with Crippen molar-refractivity contribution in [1.82, 2.24) is 0 Å². The third-order valence-electron chi connectivity index (χ3n) is 6.64. The van der Waals surface area contributed by atoms with E-state index in [1.165, 1.54) is 77.0 Å². The Bertz CT molecular complexity index is 426. The maximum absolute atomic E-state index is 11.8. The highest BCUT2D eigenvalue weighted by molar-refractivity contribution is 5.69. The largest absolute Gasteiger partial charge is 0.466 e. The van der Waals surface area contributed by atoms with Crippen LogP contribution in [-0.4, -0.2) is 48.6 Å². The molecule has 6 nitrogen and oxygen atoms in total. The molecule has 2 N–H and O–H groups in total. The van der Waals surface area contributed by atoms with Gasteiger partial charge < -0.3 is 19.7 Å². The zero-order chi connectivity index (χ0) is 26.4. The number of esters is 2. The molecule has 0 rings (SSSR count). The number of hydrogen-bond donors (Lipinski definition) is 2. The molecule has 36 heavy (non-hydrogen) atoms. The van der Waals surface area contributed by atoms with Crippen LogP contribution in [0.25, 0.3) is 0 Å². The van der Waals surface area contributed by atoms with Crippen LogP contribution < -0.4 is 0 Å². The molecule has 0 saturated carbocycles. The number of carbonyl (C=O) groups is 2. The van der Waals surface area contributed by atoms with Crippen molar-refractivity contribution in [2.45, 2.75) is 154 Å². The number of aliphatic hydroxyl groups is 2. The predicted molar refractivity (Wildman–Crippen MR) is 147 cm³/mol. The van der Waals surface area contributed by atoms with Gasteiger partial charge >= 0.3 is 11.9 Å². The van der Waals surface area contributed by atoms with Crippen LogP contribution in [0, 0.1) is 0 Å². The molecule has 0 aromatic carbocycles. The number of carbonyl (C=O) groups excluding carboxylic acids is 2. The minimum atomic E-state index is -0.113. The molecule has 0 aromatic rings. The summed E-state index contributed by atoms with van der Waals surface area (Å²) >= 11 is 0. The molecule has 0 aromatic heterocycles. The Morgan fingerprint density at radius 2 is 0.611 bits per heavy atom. The van der Waals surface area contributed by atoms with Gasteiger partial charge in [0.25, 0.3) is 0 Å². The van der Waals surface area contributed by atoms with Gasteiger partial charge in [-0.05, 0) is 38.5 Å². The topological polar surface area (TPSA) is 93.1 Å². The Labute approximate surface area is 221 Å². The summed E-state index contributed by atoms with van der Waals surface area (Å²) in [6.07, 6.45) is 25.5. The second-order valence-electron chi connectivity index (χ2n) is 10.2. The fraction of sp³-hybridized carbons (Fsp3) is 0.933. The van der Waals surface area contributed by atoms with E-state index in [0.29, 0.717) is 39.3 Å². The monoisotopic (exact) mass is 514 g/mol. The Hall–Kier alpha value is -1.14. The first kappa shape index (κ1) is 34.9. The summed E-state index contributed by atoms with van der Waals surface area (Å²) < 4.78 is 10.6. The standard InChI is InChI=1S/C30H58O6/c31-25-19-15-11-7-3-1-5-9-13-17-23-29(33)35-27-21-22-28-36-30(34)24-18-14-10-6-2-4-8-12-16-20-26-32/h31-32H,1-28H2. The fourth-order valence-electron chi connectivity index (χ4n) is 4.31. The van der Waals surface area contributed by atoms with Gasteiger partial charge in [-0.2, -0.15) is 0 Å². The molecule has 0 amide bonds. The summed E-state index contributed by atoms with van der Waals surface area (Å²) in [5.74, 6) is -0.227. The second kappa shape index (κ2) is 30.1. The predicted octanol–water partition coefficient (Wildman–Crippen LogP) is 7.42. The van der Waals surface area contributed by atoms with Crippen molar-refractivity contribution >= 4 is 11.9 Å². The van der Waals surface area contributed by atoms with Gasteiger partial charge in [-0.25, -0.2) is 0 Å². The number of ether oxygens (including phenoxy) is 2. The van der Waals surface area contributed by atoms with Gasteiger partial charge in [0.2, 0.25) is 0 Å². The van der Waals surface area contributed by atoms with Crippen molar-refractivity contribution < 1.29 is 29.3 Å². The molecule has 0 saturated heterocycles. The lowest BCUT2D eigenvalue weighted by Crippen LogP contribution is -2.08. The van der Waals surface area contributed by atoms with E-state index in [4.69, 9.17) is 19.7 Å². The first-order chi connectivity index (χ1) is 17.7. The van der Waals surface area contributed by atoms with Crippen LogP contribution in [0.4, 0.5) is 0 Å². The van der Waals surface area contributed by atoms with E-state index in [2.05, 4.69) is 0 Å². The molecule has 0 spiro atoms. The third-order valence-corrected chi connectivity index (χ3v) is 6.64. The zero-order valence-corrected chi connectivity index (χ0v) is 23.3. The molecule has 0 atom stereocenters. The smallest absolute Gasteiger partial charge is 0.305 e. The van der Waals surface area contributed by atoms with E-state index >= 15 is 0 Å². The molecule has 0 bridgehead atoms. The fourth-order valence-corrected chi connectivity index (χ4v) is 4.31. The Morgan fingerprint density at radius 1 is 0.361 bits per heavy atom. The molecule has 0 aliphatic heterocycles. The number of aliphatic hydroxyl groups excluding tert-OH is 2. The summed E-state index contributed by atoms with van der Waals surface area (Å²) in [5.41, 5.74) is 0. The van der Waals surface area contributed by atoms with E-state index in [9.17, 15) is 9.59 Å². The molecular weight excluding hydrogens is 456 g/mol. The van der Waals surface area contributed by atoms with Gasteiger partial charge in [0.05, 0.1) is 13.2 Å². The van der Waals surface area contributed by atoms with E-state index in [1.807, 2.05) is 0 Å². The lowest BCUT2D eigenvalue weighted by molar-refractivity contribution is -0.146. The van der Waals surface area contributed by atoms with Crippen molar-refractivity contribution in [3.8, 4) is 0 Å². The van der Waals surface area contributed by atoms with Gasteiger partial charge in [-0.15, -0.1) is 0 Å². The maximum atomic E-state index is 11.8. The van der Waals surface area contributed by atoms with Crippen LogP contribution >= 0.6 is 0 Å². The molecule has 0 fully saturated rings. The van der Waals surface area contributed by atoms with Crippen LogP contribution in [0.2, 0.25) is 0 Å². The molecule has 214 valence electrons. The first-order valence-corrected chi connectivity index (χ1v) is 15.2. The maximum Gasteiger partial charge on any atom is 0.305 e. The van der Waals surface area contributed by atoms with Crippen LogP contribution in [0.3, 0.4) is 0 Å². The highest BCUT2D eigenvalue weighted by Crippen LogP contribution is 2.13. The van der Waals surface area contributed by atoms with Crippen LogP contribution in [0.5, 0.6) is 0 Å². The van der Waals surface area contributed by atoms with Crippen molar-refractivity contribution in [2.24, 2.45) is 0 Å². The average Bonchev–Trinajstić information content (AvgIpc) is 2.87. The lowest BCUT2D eigenvalue weighted by Gasteiger charge is -2.07. The van der Waals surface area contributed by atoms with Crippen molar-refractivity contribution in [3.05, 3.63) is 0 Å². The quantitative estimate of drug-likeness (QED) is 0.0797. The molecule has 6 heteroatoms. The van der Waals surface area contributed by atoms with Crippen molar-refractivity contribution in [1.29, 1.82) is 0 Å². The molecule has 0 unspecified atom stereocenters. The molecular formula is C30H58O6.